The summed E-state index contributed by atoms with van der Waals surface area (Å²) in [6.07, 6.45) is 0.555. The number of rotatable bonds is 7. The van der Waals surface area contributed by atoms with E-state index < -0.39 is 24.0 Å². The van der Waals surface area contributed by atoms with E-state index in [9.17, 15) is 14.7 Å². The Morgan fingerprint density at radius 1 is 0.852 bits per heavy atom. The van der Waals surface area contributed by atoms with Gasteiger partial charge in [0.05, 0.1) is 6.04 Å². The van der Waals surface area contributed by atoms with Crippen LogP contribution < -0.4 is 11.1 Å². The van der Waals surface area contributed by atoms with Crippen LogP contribution in [0, 0.1) is 0 Å². The van der Waals surface area contributed by atoms with Crippen molar-refractivity contribution in [2.75, 3.05) is 0 Å². The lowest BCUT2D eigenvalue weighted by Crippen LogP contribution is -2.50. The van der Waals surface area contributed by atoms with Gasteiger partial charge in [0.25, 0.3) is 0 Å². The fraction of sp³-hybridized carbons (Fsp3) is 0.182. The van der Waals surface area contributed by atoms with Gasteiger partial charge in [0.1, 0.15) is 6.04 Å². The van der Waals surface area contributed by atoms with Crippen LogP contribution in [-0.2, 0) is 22.4 Å². The summed E-state index contributed by atoms with van der Waals surface area (Å²) in [7, 11) is 0. The predicted molar refractivity (Wildman–Crippen MR) is 105 cm³/mol. The minimum atomic E-state index is -1.08. The molecule has 0 spiro atoms. The first-order chi connectivity index (χ1) is 13.0. The molecule has 0 aromatic heterocycles. The number of fused-ring (bicyclic) bond motifs is 1. The monoisotopic (exact) mass is 362 g/mol. The molecule has 1 amide bonds. The molecule has 4 N–H and O–H groups in total. The first-order valence-electron chi connectivity index (χ1n) is 8.83. The van der Waals surface area contributed by atoms with Gasteiger partial charge in [0.2, 0.25) is 5.91 Å². The van der Waals surface area contributed by atoms with Crippen molar-refractivity contribution < 1.29 is 14.7 Å². The van der Waals surface area contributed by atoms with E-state index in [1.165, 1.54) is 0 Å². The standard InChI is InChI=1S/C22H22N2O3/c23-19(13-16-10-11-17-8-4-5-9-18(17)12-16)21(25)24-20(22(26)27)14-15-6-2-1-3-7-15/h1-12,19-20H,13-14,23H2,(H,24,25)(H,26,27)/t19-,20-/m1/s1. The second kappa shape index (κ2) is 8.47. The van der Waals surface area contributed by atoms with E-state index in [4.69, 9.17) is 5.73 Å². The van der Waals surface area contributed by atoms with Gasteiger partial charge in [-0.25, -0.2) is 4.79 Å². The highest BCUT2D eigenvalue weighted by atomic mass is 16.4. The number of hydrogen-bond acceptors (Lipinski definition) is 3. The summed E-state index contributed by atoms with van der Waals surface area (Å²) in [5, 5.41) is 14.2. The van der Waals surface area contributed by atoms with E-state index in [0.717, 1.165) is 21.9 Å². The van der Waals surface area contributed by atoms with E-state index in [1.807, 2.05) is 72.8 Å². The zero-order valence-electron chi connectivity index (χ0n) is 14.8. The summed E-state index contributed by atoms with van der Waals surface area (Å²) in [6.45, 7) is 0. The molecule has 138 valence electrons. The first kappa shape index (κ1) is 18.6. The molecule has 2 atom stereocenters. The minimum absolute atomic E-state index is 0.213. The number of carboxylic acids is 1. The van der Waals surface area contributed by atoms with Crippen LogP contribution in [0.2, 0.25) is 0 Å². The first-order valence-corrected chi connectivity index (χ1v) is 8.83. The summed E-state index contributed by atoms with van der Waals surface area (Å²) in [5.41, 5.74) is 7.81. The molecule has 0 saturated carbocycles. The highest BCUT2D eigenvalue weighted by molar-refractivity contribution is 5.87. The van der Waals surface area contributed by atoms with Gasteiger partial charge in [-0.15, -0.1) is 0 Å². The number of carbonyl (C=O) groups excluding carboxylic acids is 1. The lowest BCUT2D eigenvalue weighted by atomic mass is 10.0. The van der Waals surface area contributed by atoms with Crippen LogP contribution in [0.4, 0.5) is 0 Å². The van der Waals surface area contributed by atoms with Crippen LogP contribution in [0.25, 0.3) is 10.8 Å². The van der Waals surface area contributed by atoms with Gasteiger partial charge in [-0.3, -0.25) is 4.79 Å². The molecule has 5 heteroatoms. The third-order valence-corrected chi connectivity index (χ3v) is 4.50. The molecule has 0 unspecified atom stereocenters. The lowest BCUT2D eigenvalue weighted by Gasteiger charge is -2.18. The zero-order valence-corrected chi connectivity index (χ0v) is 14.8. The normalized spacial score (nSPS) is 13.1. The van der Waals surface area contributed by atoms with Gasteiger partial charge < -0.3 is 16.2 Å². The van der Waals surface area contributed by atoms with Crippen molar-refractivity contribution in [1.82, 2.24) is 5.32 Å². The van der Waals surface area contributed by atoms with Crippen LogP contribution in [0.1, 0.15) is 11.1 Å². The molecular formula is C22H22N2O3. The second-order valence-electron chi connectivity index (χ2n) is 6.58. The third kappa shape index (κ3) is 4.92. The summed E-state index contributed by atoms with van der Waals surface area (Å²) >= 11 is 0. The topological polar surface area (TPSA) is 92.4 Å². The van der Waals surface area contributed by atoms with Gasteiger partial charge in [-0.05, 0) is 28.3 Å². The number of carboxylic acid groups (broad SMARTS) is 1. The largest absolute Gasteiger partial charge is 0.480 e. The van der Waals surface area contributed by atoms with E-state index in [1.54, 1.807) is 0 Å². The molecule has 0 bridgehead atoms. The van der Waals surface area contributed by atoms with Crippen molar-refractivity contribution in [2.45, 2.75) is 24.9 Å². The zero-order chi connectivity index (χ0) is 19.2. The van der Waals surface area contributed by atoms with Crippen molar-refractivity contribution in [1.29, 1.82) is 0 Å². The van der Waals surface area contributed by atoms with Crippen molar-refractivity contribution >= 4 is 22.6 Å². The van der Waals surface area contributed by atoms with Crippen molar-refractivity contribution in [3.05, 3.63) is 83.9 Å². The van der Waals surface area contributed by atoms with Gasteiger partial charge in [-0.2, -0.15) is 0 Å². The molecule has 27 heavy (non-hydrogen) atoms. The van der Waals surface area contributed by atoms with Gasteiger partial charge in [-0.1, -0.05) is 72.8 Å². The van der Waals surface area contributed by atoms with Gasteiger partial charge >= 0.3 is 5.97 Å². The fourth-order valence-electron chi connectivity index (χ4n) is 3.04. The number of amides is 1. The fourth-order valence-corrected chi connectivity index (χ4v) is 3.04. The average Bonchev–Trinajstić information content (AvgIpc) is 2.68. The average molecular weight is 362 g/mol. The van der Waals surface area contributed by atoms with Crippen LogP contribution >= 0.6 is 0 Å². The Bertz CT molecular complexity index is 940. The van der Waals surface area contributed by atoms with E-state index in [2.05, 4.69) is 5.32 Å². The third-order valence-electron chi connectivity index (χ3n) is 4.50. The Hall–Kier alpha value is -3.18. The number of aliphatic carboxylic acids is 1. The minimum Gasteiger partial charge on any atom is -0.480 e. The van der Waals surface area contributed by atoms with E-state index in [0.29, 0.717) is 6.42 Å². The number of nitrogens with two attached hydrogens (primary N) is 1. The lowest BCUT2D eigenvalue weighted by molar-refractivity contribution is -0.141. The van der Waals surface area contributed by atoms with E-state index in [-0.39, 0.29) is 6.42 Å². The molecule has 0 heterocycles. The molecular weight excluding hydrogens is 340 g/mol. The van der Waals surface area contributed by atoms with Gasteiger partial charge in [0, 0.05) is 6.42 Å². The summed E-state index contributed by atoms with van der Waals surface area (Å²) in [4.78, 5) is 23.9. The highest BCUT2D eigenvalue weighted by Crippen LogP contribution is 2.16. The molecule has 5 nitrogen and oxygen atoms in total. The van der Waals surface area contributed by atoms with Crippen molar-refractivity contribution in [3.8, 4) is 0 Å². The maximum absolute atomic E-state index is 12.4. The van der Waals surface area contributed by atoms with Crippen molar-refractivity contribution in [3.63, 3.8) is 0 Å². The molecule has 0 aliphatic heterocycles. The molecule has 0 aliphatic rings. The molecule has 0 radical (unpaired) electrons. The SMILES string of the molecule is N[C@H](Cc1ccc2ccccc2c1)C(=O)N[C@H](Cc1ccccc1)C(=O)O. The molecule has 3 aromatic rings. The molecule has 3 aromatic carbocycles. The Morgan fingerprint density at radius 3 is 2.22 bits per heavy atom. The molecule has 0 fully saturated rings. The summed E-state index contributed by atoms with van der Waals surface area (Å²) in [5.74, 6) is -1.54. The summed E-state index contributed by atoms with van der Waals surface area (Å²) < 4.78 is 0. The molecule has 0 saturated heterocycles. The van der Waals surface area contributed by atoms with Crippen molar-refractivity contribution in [2.24, 2.45) is 5.73 Å². The highest BCUT2D eigenvalue weighted by Gasteiger charge is 2.23. The second-order valence-corrected chi connectivity index (χ2v) is 6.58. The van der Waals surface area contributed by atoms with E-state index >= 15 is 0 Å². The number of hydrogen-bond donors (Lipinski definition) is 3. The number of benzene rings is 3. The Labute approximate surface area is 157 Å². The van der Waals surface area contributed by atoms with Crippen LogP contribution in [0.15, 0.2) is 72.8 Å². The quantitative estimate of drug-likeness (QED) is 0.602. The Kier molecular flexibility index (Phi) is 5.84. The number of nitrogens with one attached hydrogen (secondary N) is 1. The summed E-state index contributed by atoms with van der Waals surface area (Å²) in [6, 6.07) is 21.2. The smallest absolute Gasteiger partial charge is 0.326 e. The maximum Gasteiger partial charge on any atom is 0.326 e. The van der Waals surface area contributed by atoms with Crippen LogP contribution in [0.5, 0.6) is 0 Å². The van der Waals surface area contributed by atoms with Crippen LogP contribution in [-0.4, -0.2) is 29.1 Å². The molecule has 0 aliphatic carbocycles. The Balaban J connectivity index is 1.65. The maximum atomic E-state index is 12.4. The Morgan fingerprint density at radius 2 is 1.52 bits per heavy atom. The van der Waals surface area contributed by atoms with Gasteiger partial charge in [0.15, 0.2) is 0 Å². The molecule has 3 rings (SSSR count). The predicted octanol–water partition coefficient (Wildman–Crippen LogP) is 2.52. The number of carbonyl (C=O) groups is 2. The van der Waals surface area contributed by atoms with Crippen LogP contribution in [0.3, 0.4) is 0 Å².